The highest BCUT2D eigenvalue weighted by atomic mass is 15.0. The SMILES string of the molecule is Cc1cc(NCCc2cnc[nH]2)nc(C)n1. The lowest BCUT2D eigenvalue weighted by molar-refractivity contribution is 0.946. The fraction of sp³-hybridized carbons (Fsp3) is 0.364. The van der Waals surface area contributed by atoms with E-state index in [1.54, 1.807) is 6.33 Å². The van der Waals surface area contributed by atoms with Crippen LogP contribution in [-0.2, 0) is 6.42 Å². The lowest BCUT2D eigenvalue weighted by atomic mass is 10.3. The molecule has 0 amide bonds. The van der Waals surface area contributed by atoms with Crippen LogP contribution in [-0.4, -0.2) is 26.5 Å². The van der Waals surface area contributed by atoms with Gasteiger partial charge in [-0.3, -0.25) is 0 Å². The molecular weight excluding hydrogens is 202 g/mol. The van der Waals surface area contributed by atoms with Crippen molar-refractivity contribution in [3.8, 4) is 0 Å². The molecule has 16 heavy (non-hydrogen) atoms. The second kappa shape index (κ2) is 4.74. The van der Waals surface area contributed by atoms with Crippen LogP contribution in [0, 0.1) is 13.8 Å². The summed E-state index contributed by atoms with van der Waals surface area (Å²) in [7, 11) is 0. The van der Waals surface area contributed by atoms with Crippen molar-refractivity contribution in [1.82, 2.24) is 19.9 Å². The molecule has 0 atom stereocenters. The molecule has 0 saturated carbocycles. The third-order valence-corrected chi connectivity index (χ3v) is 2.22. The number of aromatic amines is 1. The zero-order valence-corrected chi connectivity index (χ0v) is 9.49. The second-order valence-corrected chi connectivity index (χ2v) is 3.70. The quantitative estimate of drug-likeness (QED) is 0.814. The summed E-state index contributed by atoms with van der Waals surface area (Å²) >= 11 is 0. The molecule has 0 aliphatic heterocycles. The third kappa shape index (κ3) is 2.79. The summed E-state index contributed by atoms with van der Waals surface area (Å²) in [6.07, 6.45) is 4.43. The Bertz CT molecular complexity index is 429. The first kappa shape index (κ1) is 10.6. The Balaban J connectivity index is 1.89. The van der Waals surface area contributed by atoms with E-state index in [1.165, 1.54) is 0 Å². The fourth-order valence-electron chi connectivity index (χ4n) is 1.55. The van der Waals surface area contributed by atoms with Gasteiger partial charge >= 0.3 is 0 Å². The van der Waals surface area contributed by atoms with Crippen molar-refractivity contribution in [2.24, 2.45) is 0 Å². The molecule has 0 bridgehead atoms. The predicted molar refractivity (Wildman–Crippen MR) is 62.3 cm³/mol. The van der Waals surface area contributed by atoms with E-state index in [0.29, 0.717) is 0 Å². The largest absolute Gasteiger partial charge is 0.370 e. The van der Waals surface area contributed by atoms with Crippen LogP contribution in [0.3, 0.4) is 0 Å². The minimum Gasteiger partial charge on any atom is -0.370 e. The molecule has 0 aromatic carbocycles. The van der Waals surface area contributed by atoms with Gasteiger partial charge in [0.15, 0.2) is 0 Å². The highest BCUT2D eigenvalue weighted by molar-refractivity contribution is 5.35. The minimum absolute atomic E-state index is 0.795. The second-order valence-electron chi connectivity index (χ2n) is 3.70. The van der Waals surface area contributed by atoms with E-state index in [-0.39, 0.29) is 0 Å². The Morgan fingerprint density at radius 3 is 2.88 bits per heavy atom. The summed E-state index contributed by atoms with van der Waals surface area (Å²) in [5.41, 5.74) is 2.10. The van der Waals surface area contributed by atoms with E-state index in [9.17, 15) is 0 Å². The molecule has 2 N–H and O–H groups in total. The summed E-state index contributed by atoms with van der Waals surface area (Å²) in [6.45, 7) is 4.69. The van der Waals surface area contributed by atoms with Gasteiger partial charge in [0.2, 0.25) is 0 Å². The molecule has 0 aliphatic carbocycles. The molecule has 2 aromatic rings. The average Bonchev–Trinajstić information content (AvgIpc) is 2.69. The monoisotopic (exact) mass is 217 g/mol. The summed E-state index contributed by atoms with van der Waals surface area (Å²) in [6, 6.07) is 1.94. The fourth-order valence-corrected chi connectivity index (χ4v) is 1.55. The van der Waals surface area contributed by atoms with Crippen molar-refractivity contribution in [2.75, 3.05) is 11.9 Å². The van der Waals surface area contributed by atoms with Crippen LogP contribution in [0.2, 0.25) is 0 Å². The summed E-state index contributed by atoms with van der Waals surface area (Å²) in [5, 5.41) is 3.27. The van der Waals surface area contributed by atoms with Crippen molar-refractivity contribution in [3.63, 3.8) is 0 Å². The number of hydrogen-bond donors (Lipinski definition) is 2. The van der Waals surface area contributed by atoms with E-state index in [0.717, 1.165) is 36.0 Å². The number of rotatable bonds is 4. The van der Waals surface area contributed by atoms with Gasteiger partial charge in [-0.05, 0) is 13.8 Å². The molecule has 0 aliphatic rings. The number of hydrogen-bond acceptors (Lipinski definition) is 4. The number of anilines is 1. The van der Waals surface area contributed by atoms with Gasteiger partial charge in [0.1, 0.15) is 11.6 Å². The highest BCUT2D eigenvalue weighted by Crippen LogP contribution is 2.05. The maximum Gasteiger partial charge on any atom is 0.129 e. The number of aromatic nitrogens is 4. The molecule has 0 radical (unpaired) electrons. The van der Waals surface area contributed by atoms with Gasteiger partial charge in [0.05, 0.1) is 6.33 Å². The summed E-state index contributed by atoms with van der Waals surface area (Å²) in [4.78, 5) is 15.6. The maximum absolute atomic E-state index is 4.30. The first-order valence-corrected chi connectivity index (χ1v) is 5.27. The van der Waals surface area contributed by atoms with E-state index in [4.69, 9.17) is 0 Å². The van der Waals surface area contributed by atoms with Crippen LogP contribution < -0.4 is 5.32 Å². The molecule has 0 spiro atoms. The number of aryl methyl sites for hydroxylation is 2. The number of imidazole rings is 1. The van der Waals surface area contributed by atoms with Crippen molar-refractivity contribution >= 4 is 5.82 Å². The summed E-state index contributed by atoms with van der Waals surface area (Å²) < 4.78 is 0. The molecule has 2 rings (SSSR count). The van der Waals surface area contributed by atoms with Crippen LogP contribution in [0.5, 0.6) is 0 Å². The van der Waals surface area contributed by atoms with E-state index in [1.807, 2.05) is 26.1 Å². The molecule has 5 heteroatoms. The van der Waals surface area contributed by atoms with Gasteiger partial charge in [0.25, 0.3) is 0 Å². The van der Waals surface area contributed by atoms with Crippen LogP contribution in [0.1, 0.15) is 17.2 Å². The van der Waals surface area contributed by atoms with Crippen molar-refractivity contribution < 1.29 is 0 Å². The van der Waals surface area contributed by atoms with Gasteiger partial charge in [-0.15, -0.1) is 0 Å². The van der Waals surface area contributed by atoms with Gasteiger partial charge in [0, 0.05) is 36.6 Å². The molecule has 0 fully saturated rings. The van der Waals surface area contributed by atoms with Crippen LogP contribution in [0.15, 0.2) is 18.6 Å². The third-order valence-electron chi connectivity index (χ3n) is 2.22. The zero-order valence-electron chi connectivity index (χ0n) is 9.49. The van der Waals surface area contributed by atoms with Crippen LogP contribution >= 0.6 is 0 Å². The zero-order chi connectivity index (χ0) is 11.4. The smallest absolute Gasteiger partial charge is 0.129 e. The van der Waals surface area contributed by atoms with Crippen molar-refractivity contribution in [1.29, 1.82) is 0 Å². The van der Waals surface area contributed by atoms with E-state index >= 15 is 0 Å². The highest BCUT2D eigenvalue weighted by Gasteiger charge is 1.98. The minimum atomic E-state index is 0.795. The molecule has 0 saturated heterocycles. The normalized spacial score (nSPS) is 10.4. The topological polar surface area (TPSA) is 66.5 Å². The van der Waals surface area contributed by atoms with E-state index in [2.05, 4.69) is 25.3 Å². The van der Waals surface area contributed by atoms with Crippen LogP contribution in [0.4, 0.5) is 5.82 Å². The number of nitrogens with zero attached hydrogens (tertiary/aromatic N) is 3. The predicted octanol–water partition coefficient (Wildman–Crippen LogP) is 1.47. The first-order valence-electron chi connectivity index (χ1n) is 5.27. The molecule has 2 aromatic heterocycles. The van der Waals surface area contributed by atoms with Crippen molar-refractivity contribution in [3.05, 3.63) is 35.8 Å². The summed E-state index contributed by atoms with van der Waals surface area (Å²) in [5.74, 6) is 1.67. The first-order chi connectivity index (χ1) is 7.74. The molecule has 84 valence electrons. The van der Waals surface area contributed by atoms with Gasteiger partial charge in [-0.1, -0.05) is 0 Å². The molecular formula is C11H15N5. The van der Waals surface area contributed by atoms with Gasteiger partial charge < -0.3 is 10.3 Å². The van der Waals surface area contributed by atoms with Gasteiger partial charge in [-0.25, -0.2) is 15.0 Å². The molecule has 5 nitrogen and oxygen atoms in total. The lowest BCUT2D eigenvalue weighted by Crippen LogP contribution is -2.08. The molecule has 0 unspecified atom stereocenters. The average molecular weight is 217 g/mol. The Kier molecular flexibility index (Phi) is 3.14. The van der Waals surface area contributed by atoms with Crippen molar-refractivity contribution in [2.45, 2.75) is 20.3 Å². The Labute approximate surface area is 94.4 Å². The molecule has 2 heterocycles. The van der Waals surface area contributed by atoms with E-state index < -0.39 is 0 Å². The van der Waals surface area contributed by atoms with Crippen LogP contribution in [0.25, 0.3) is 0 Å². The van der Waals surface area contributed by atoms with Gasteiger partial charge in [-0.2, -0.15) is 0 Å². The maximum atomic E-state index is 4.30. The Morgan fingerprint density at radius 2 is 2.19 bits per heavy atom. The number of H-pyrrole nitrogens is 1. The Hall–Kier alpha value is -1.91. The standard InChI is InChI=1S/C11H15N5/c1-8-5-11(16-9(2)15-8)13-4-3-10-6-12-7-14-10/h5-7H,3-4H2,1-2H3,(H,12,14)(H,13,15,16). The number of nitrogens with one attached hydrogen (secondary N) is 2. The lowest BCUT2D eigenvalue weighted by Gasteiger charge is -2.06. The Morgan fingerprint density at radius 1 is 1.31 bits per heavy atom.